The lowest BCUT2D eigenvalue weighted by atomic mass is 9.75. The third-order valence-electron chi connectivity index (χ3n) is 4.15. The molecule has 0 spiro atoms. The van der Waals surface area contributed by atoms with Gasteiger partial charge in [-0.15, -0.1) is 0 Å². The number of halogens is 1. The van der Waals surface area contributed by atoms with Crippen LogP contribution in [0.1, 0.15) is 44.8 Å². The minimum atomic E-state index is -0.455. The van der Waals surface area contributed by atoms with Gasteiger partial charge in [0.25, 0.3) is 0 Å². The molecule has 0 amide bonds. The van der Waals surface area contributed by atoms with E-state index in [1.54, 1.807) is 0 Å². The molecule has 1 aromatic rings. The molecule has 1 aliphatic rings. The third kappa shape index (κ3) is 2.68. The van der Waals surface area contributed by atoms with E-state index in [0.717, 1.165) is 11.1 Å². The van der Waals surface area contributed by atoms with Gasteiger partial charge in [0.1, 0.15) is 0 Å². The highest BCUT2D eigenvalue weighted by molar-refractivity contribution is 6.47. The zero-order valence-corrected chi connectivity index (χ0v) is 12.9. The van der Waals surface area contributed by atoms with Crippen molar-refractivity contribution in [2.45, 2.75) is 51.8 Å². The van der Waals surface area contributed by atoms with Crippen molar-refractivity contribution in [2.24, 2.45) is 5.73 Å². The van der Waals surface area contributed by atoms with Gasteiger partial charge in [0, 0.05) is 5.02 Å². The van der Waals surface area contributed by atoms with Crippen molar-refractivity contribution in [1.29, 1.82) is 0 Å². The molecule has 0 unspecified atom stereocenters. The first-order valence-corrected chi connectivity index (χ1v) is 6.89. The van der Waals surface area contributed by atoms with Crippen LogP contribution in [0.25, 0.3) is 0 Å². The largest absolute Gasteiger partial charge is 0.480 e. The Morgan fingerprint density at radius 3 is 2.16 bits per heavy atom. The number of benzene rings is 1. The Balaban J connectivity index is 2.22. The van der Waals surface area contributed by atoms with Crippen LogP contribution in [-0.4, -0.2) is 18.3 Å². The first kappa shape index (κ1) is 14.9. The molecule has 1 fully saturated rings. The first-order chi connectivity index (χ1) is 8.64. The standard InChI is InChI=1S/C14H21BClNO2/c1-9-6-7-10(8-11(9)16)12(17)15-18-13(2,3)14(4,5)19-15/h6-8,12H,17H2,1-5H3/t12-/m0/s1. The maximum absolute atomic E-state index is 6.25. The molecule has 0 aromatic heterocycles. The molecule has 2 rings (SSSR count). The van der Waals surface area contributed by atoms with Gasteiger partial charge in [-0.25, -0.2) is 0 Å². The van der Waals surface area contributed by atoms with Crippen LogP contribution >= 0.6 is 11.6 Å². The lowest BCUT2D eigenvalue weighted by Crippen LogP contribution is -2.41. The zero-order valence-electron chi connectivity index (χ0n) is 12.2. The summed E-state index contributed by atoms with van der Waals surface area (Å²) in [6.45, 7) is 10.0. The highest BCUT2D eigenvalue weighted by Gasteiger charge is 2.53. The predicted molar refractivity (Wildman–Crippen MR) is 79.2 cm³/mol. The maximum atomic E-state index is 6.25. The van der Waals surface area contributed by atoms with Crippen LogP contribution in [0, 0.1) is 6.92 Å². The van der Waals surface area contributed by atoms with E-state index in [1.807, 2.05) is 52.8 Å². The van der Waals surface area contributed by atoms with E-state index in [4.69, 9.17) is 26.6 Å². The fourth-order valence-corrected chi connectivity index (χ4v) is 2.20. The van der Waals surface area contributed by atoms with Crippen LogP contribution < -0.4 is 5.73 Å². The fourth-order valence-electron chi connectivity index (χ4n) is 2.01. The summed E-state index contributed by atoms with van der Waals surface area (Å²) in [5.74, 6) is -0.348. The molecule has 19 heavy (non-hydrogen) atoms. The molecule has 0 bridgehead atoms. The van der Waals surface area contributed by atoms with E-state index in [1.165, 1.54) is 0 Å². The van der Waals surface area contributed by atoms with Crippen molar-refractivity contribution in [2.75, 3.05) is 0 Å². The lowest BCUT2D eigenvalue weighted by molar-refractivity contribution is 0.00578. The molecule has 0 radical (unpaired) electrons. The monoisotopic (exact) mass is 281 g/mol. The van der Waals surface area contributed by atoms with Gasteiger partial charge in [0.05, 0.1) is 17.1 Å². The topological polar surface area (TPSA) is 44.5 Å². The minimum absolute atomic E-state index is 0.348. The molecule has 1 aliphatic heterocycles. The van der Waals surface area contributed by atoms with Crippen LogP contribution in [0.15, 0.2) is 18.2 Å². The quantitative estimate of drug-likeness (QED) is 0.846. The second kappa shape index (κ2) is 4.78. The molecule has 1 heterocycles. The van der Waals surface area contributed by atoms with Crippen LogP contribution in [0.3, 0.4) is 0 Å². The molecule has 104 valence electrons. The molecule has 2 N–H and O–H groups in total. The molecule has 1 saturated heterocycles. The van der Waals surface area contributed by atoms with Crippen molar-refractivity contribution in [3.05, 3.63) is 34.3 Å². The van der Waals surface area contributed by atoms with Crippen molar-refractivity contribution < 1.29 is 9.31 Å². The van der Waals surface area contributed by atoms with Crippen molar-refractivity contribution in [3.8, 4) is 0 Å². The number of aryl methyl sites for hydroxylation is 1. The van der Waals surface area contributed by atoms with Crippen molar-refractivity contribution in [3.63, 3.8) is 0 Å². The van der Waals surface area contributed by atoms with Crippen LogP contribution in [0.2, 0.25) is 5.02 Å². The summed E-state index contributed by atoms with van der Waals surface area (Å²) in [7, 11) is -0.455. The Labute approximate surface area is 120 Å². The van der Waals surface area contributed by atoms with E-state index >= 15 is 0 Å². The molecule has 0 aliphatic carbocycles. The van der Waals surface area contributed by atoms with E-state index in [-0.39, 0.29) is 17.1 Å². The van der Waals surface area contributed by atoms with E-state index in [9.17, 15) is 0 Å². The van der Waals surface area contributed by atoms with Crippen LogP contribution in [0.5, 0.6) is 0 Å². The van der Waals surface area contributed by atoms with E-state index < -0.39 is 7.12 Å². The molecular formula is C14H21BClNO2. The summed E-state index contributed by atoms with van der Waals surface area (Å²) in [4.78, 5) is 0. The Morgan fingerprint density at radius 1 is 1.16 bits per heavy atom. The van der Waals surface area contributed by atoms with E-state index in [0.29, 0.717) is 5.02 Å². The summed E-state index contributed by atoms with van der Waals surface area (Å²) in [6.07, 6.45) is 0. The van der Waals surface area contributed by atoms with Gasteiger partial charge < -0.3 is 15.0 Å². The number of rotatable bonds is 2. The molecular weight excluding hydrogens is 260 g/mol. The Kier molecular flexibility index (Phi) is 3.73. The molecule has 5 heteroatoms. The normalized spacial score (nSPS) is 22.6. The Bertz CT molecular complexity index is 474. The van der Waals surface area contributed by atoms with Crippen molar-refractivity contribution >= 4 is 18.7 Å². The Morgan fingerprint density at radius 2 is 1.68 bits per heavy atom. The van der Waals surface area contributed by atoms with Crippen LogP contribution in [-0.2, 0) is 9.31 Å². The maximum Gasteiger partial charge on any atom is 0.480 e. The predicted octanol–water partition coefficient (Wildman–Crippen LogP) is 3.28. The van der Waals surface area contributed by atoms with Gasteiger partial charge in [-0.05, 0) is 51.8 Å². The second-order valence-corrected chi connectivity index (χ2v) is 6.57. The van der Waals surface area contributed by atoms with Gasteiger partial charge in [0.15, 0.2) is 0 Å². The Hall–Kier alpha value is -0.545. The summed E-state index contributed by atoms with van der Waals surface area (Å²) in [6, 6.07) is 5.81. The second-order valence-electron chi connectivity index (χ2n) is 6.16. The van der Waals surface area contributed by atoms with Gasteiger partial charge in [-0.2, -0.15) is 0 Å². The zero-order chi connectivity index (χ0) is 14.4. The number of nitrogens with two attached hydrogens (primary N) is 1. The van der Waals surface area contributed by atoms with E-state index in [2.05, 4.69) is 0 Å². The van der Waals surface area contributed by atoms with Gasteiger partial charge in [0.2, 0.25) is 0 Å². The molecule has 1 atom stereocenters. The molecule has 0 saturated carbocycles. The summed E-state index contributed by atoms with van der Waals surface area (Å²) in [5.41, 5.74) is 7.47. The smallest absolute Gasteiger partial charge is 0.402 e. The first-order valence-electron chi connectivity index (χ1n) is 6.51. The highest BCUT2D eigenvalue weighted by Crippen LogP contribution is 2.39. The van der Waals surface area contributed by atoms with Gasteiger partial charge in [-0.1, -0.05) is 23.7 Å². The average molecular weight is 282 g/mol. The molecule has 1 aromatic carbocycles. The van der Waals surface area contributed by atoms with Gasteiger partial charge in [-0.3, -0.25) is 0 Å². The fraction of sp³-hybridized carbons (Fsp3) is 0.571. The SMILES string of the molecule is Cc1ccc([C@H](N)B2OC(C)(C)C(C)(C)O2)cc1Cl. The summed E-state index contributed by atoms with van der Waals surface area (Å²) in [5, 5.41) is 0.712. The van der Waals surface area contributed by atoms with Crippen molar-refractivity contribution in [1.82, 2.24) is 0 Å². The lowest BCUT2D eigenvalue weighted by Gasteiger charge is -2.32. The number of hydrogen-bond acceptors (Lipinski definition) is 3. The average Bonchev–Trinajstić information content (AvgIpc) is 2.51. The highest BCUT2D eigenvalue weighted by atomic mass is 35.5. The third-order valence-corrected chi connectivity index (χ3v) is 4.55. The van der Waals surface area contributed by atoms with Crippen LogP contribution in [0.4, 0.5) is 0 Å². The number of hydrogen-bond donors (Lipinski definition) is 1. The molecule has 3 nitrogen and oxygen atoms in total. The minimum Gasteiger partial charge on any atom is -0.402 e. The summed E-state index contributed by atoms with van der Waals surface area (Å²) < 4.78 is 11.9. The summed E-state index contributed by atoms with van der Waals surface area (Å²) >= 11 is 6.14. The van der Waals surface area contributed by atoms with Gasteiger partial charge >= 0.3 is 7.12 Å².